The molecule has 3 rings (SSSR count). The zero-order valence-electron chi connectivity index (χ0n) is 8.09. The second-order valence-electron chi connectivity index (χ2n) is 4.65. The summed E-state index contributed by atoms with van der Waals surface area (Å²) in [7, 11) is 0. The van der Waals surface area contributed by atoms with E-state index in [1.807, 2.05) is 0 Å². The molecule has 0 radical (unpaired) electrons. The zero-order valence-corrected chi connectivity index (χ0v) is 9.68. The topological polar surface area (TPSA) is 26.0 Å². The van der Waals surface area contributed by atoms with Gasteiger partial charge in [-0.1, -0.05) is 22.0 Å². The molecule has 0 saturated heterocycles. The van der Waals surface area contributed by atoms with Gasteiger partial charge in [-0.15, -0.1) is 0 Å². The van der Waals surface area contributed by atoms with Crippen molar-refractivity contribution in [2.75, 3.05) is 6.54 Å². The molecule has 0 aliphatic heterocycles. The Balaban J connectivity index is 2.14. The Morgan fingerprint density at radius 2 is 2.21 bits per heavy atom. The van der Waals surface area contributed by atoms with Crippen LogP contribution in [0.1, 0.15) is 36.3 Å². The maximum atomic E-state index is 5.82. The van der Waals surface area contributed by atoms with Gasteiger partial charge in [-0.25, -0.2) is 0 Å². The summed E-state index contributed by atoms with van der Waals surface area (Å²) in [6, 6.07) is 6.70. The van der Waals surface area contributed by atoms with Crippen LogP contribution in [0.3, 0.4) is 0 Å². The van der Waals surface area contributed by atoms with Crippen LogP contribution in [0.25, 0.3) is 0 Å². The van der Waals surface area contributed by atoms with Gasteiger partial charge in [0.1, 0.15) is 0 Å². The van der Waals surface area contributed by atoms with Crippen LogP contribution in [0.15, 0.2) is 22.7 Å². The molecule has 0 aromatic heterocycles. The van der Waals surface area contributed by atoms with Gasteiger partial charge in [0, 0.05) is 4.47 Å². The van der Waals surface area contributed by atoms with Crippen molar-refractivity contribution in [2.45, 2.75) is 30.6 Å². The molecule has 0 bridgehead atoms. The second kappa shape index (κ2) is 2.83. The predicted octanol–water partition coefficient (Wildman–Crippen LogP) is 2.93. The van der Waals surface area contributed by atoms with Crippen molar-refractivity contribution in [3.8, 4) is 0 Å². The van der Waals surface area contributed by atoms with Crippen molar-refractivity contribution in [3.63, 3.8) is 0 Å². The number of hydrogen-bond acceptors (Lipinski definition) is 1. The Morgan fingerprint density at radius 3 is 2.86 bits per heavy atom. The highest BCUT2D eigenvalue weighted by Gasteiger charge is 2.51. The van der Waals surface area contributed by atoms with E-state index < -0.39 is 0 Å². The molecule has 1 aromatic carbocycles. The Bertz CT molecular complexity index is 382. The monoisotopic (exact) mass is 251 g/mol. The van der Waals surface area contributed by atoms with Crippen molar-refractivity contribution < 1.29 is 0 Å². The first-order chi connectivity index (χ1) is 6.75. The summed E-state index contributed by atoms with van der Waals surface area (Å²) in [6.45, 7) is 0.802. The molecule has 1 unspecified atom stereocenters. The number of nitrogens with two attached hydrogens (primary N) is 1. The zero-order chi connectivity index (χ0) is 9.76. The fourth-order valence-corrected chi connectivity index (χ4v) is 3.23. The van der Waals surface area contributed by atoms with Gasteiger partial charge < -0.3 is 5.73 Å². The first-order valence-electron chi connectivity index (χ1n) is 5.25. The number of hydrogen-bond donors (Lipinski definition) is 1. The van der Waals surface area contributed by atoms with Crippen molar-refractivity contribution in [1.82, 2.24) is 0 Å². The fourth-order valence-electron chi connectivity index (χ4n) is 2.87. The summed E-state index contributed by atoms with van der Waals surface area (Å²) < 4.78 is 1.21. The SMILES string of the molecule is NCC1CC2(CC2)c2cc(Br)ccc21. The molecule has 1 nitrogen and oxygen atoms in total. The Hall–Kier alpha value is -0.340. The molecule has 0 amide bonds. The van der Waals surface area contributed by atoms with Crippen LogP contribution < -0.4 is 5.73 Å². The highest BCUT2D eigenvalue weighted by molar-refractivity contribution is 9.10. The van der Waals surface area contributed by atoms with E-state index in [1.54, 1.807) is 5.56 Å². The number of rotatable bonds is 1. The van der Waals surface area contributed by atoms with Gasteiger partial charge in [-0.2, -0.15) is 0 Å². The first kappa shape index (κ1) is 8.93. The summed E-state index contributed by atoms with van der Waals surface area (Å²) in [6.07, 6.45) is 4.02. The molecule has 0 heterocycles. The normalized spacial score (nSPS) is 26.6. The van der Waals surface area contributed by atoms with Crippen molar-refractivity contribution in [2.24, 2.45) is 5.73 Å². The van der Waals surface area contributed by atoms with E-state index in [-0.39, 0.29) is 0 Å². The summed E-state index contributed by atoms with van der Waals surface area (Å²) >= 11 is 3.55. The molecule has 1 fully saturated rings. The van der Waals surface area contributed by atoms with Gasteiger partial charge in [-0.05, 0) is 60.4 Å². The average Bonchev–Trinajstić information content (AvgIpc) is 2.88. The van der Waals surface area contributed by atoms with E-state index in [1.165, 1.54) is 29.3 Å². The molecule has 2 aliphatic carbocycles. The number of benzene rings is 1. The summed E-state index contributed by atoms with van der Waals surface area (Å²) in [5.41, 5.74) is 9.43. The lowest BCUT2D eigenvalue weighted by atomic mass is 9.98. The molecule has 2 heteroatoms. The quantitative estimate of drug-likeness (QED) is 0.817. The highest BCUT2D eigenvalue weighted by atomic mass is 79.9. The summed E-state index contributed by atoms with van der Waals surface area (Å²) in [4.78, 5) is 0. The molecule has 1 saturated carbocycles. The highest BCUT2D eigenvalue weighted by Crippen LogP contribution is 2.60. The Labute approximate surface area is 92.8 Å². The predicted molar refractivity (Wildman–Crippen MR) is 61.5 cm³/mol. The van der Waals surface area contributed by atoms with E-state index in [0.717, 1.165) is 6.54 Å². The minimum Gasteiger partial charge on any atom is -0.330 e. The van der Waals surface area contributed by atoms with Crippen molar-refractivity contribution in [3.05, 3.63) is 33.8 Å². The molecule has 14 heavy (non-hydrogen) atoms. The van der Waals surface area contributed by atoms with Gasteiger partial charge in [0.25, 0.3) is 0 Å². The van der Waals surface area contributed by atoms with Gasteiger partial charge >= 0.3 is 0 Å². The van der Waals surface area contributed by atoms with Gasteiger partial charge in [0.15, 0.2) is 0 Å². The Morgan fingerprint density at radius 1 is 1.43 bits per heavy atom. The Kier molecular flexibility index (Phi) is 1.80. The third-order valence-corrected chi connectivity index (χ3v) is 4.29. The van der Waals surface area contributed by atoms with Crippen molar-refractivity contribution in [1.29, 1.82) is 0 Å². The van der Waals surface area contributed by atoms with Crippen LogP contribution in [-0.4, -0.2) is 6.54 Å². The maximum Gasteiger partial charge on any atom is 0.0178 e. The lowest BCUT2D eigenvalue weighted by Crippen LogP contribution is -2.10. The van der Waals surface area contributed by atoms with Crippen LogP contribution in [0.4, 0.5) is 0 Å². The standard InChI is InChI=1S/C12H14BrN/c13-9-1-2-10-8(7-14)6-12(3-4-12)11(10)5-9/h1-2,5,8H,3-4,6-7,14H2. The van der Waals surface area contributed by atoms with Gasteiger partial charge in [0.2, 0.25) is 0 Å². The van der Waals surface area contributed by atoms with Gasteiger partial charge in [0.05, 0.1) is 0 Å². The summed E-state index contributed by atoms with van der Waals surface area (Å²) in [5.74, 6) is 0.612. The molecule has 1 aromatic rings. The molecule has 74 valence electrons. The lowest BCUT2D eigenvalue weighted by Gasteiger charge is -2.07. The van der Waals surface area contributed by atoms with Crippen LogP contribution in [0.2, 0.25) is 0 Å². The molecule has 1 atom stereocenters. The second-order valence-corrected chi connectivity index (χ2v) is 5.56. The first-order valence-corrected chi connectivity index (χ1v) is 6.04. The molecular weight excluding hydrogens is 238 g/mol. The van der Waals surface area contributed by atoms with Crippen LogP contribution >= 0.6 is 15.9 Å². The van der Waals surface area contributed by atoms with Crippen LogP contribution in [-0.2, 0) is 5.41 Å². The minimum atomic E-state index is 0.531. The minimum absolute atomic E-state index is 0.531. The smallest absolute Gasteiger partial charge is 0.0178 e. The molecular formula is C12H14BrN. The van der Waals surface area contributed by atoms with E-state index >= 15 is 0 Å². The van der Waals surface area contributed by atoms with Crippen LogP contribution in [0, 0.1) is 0 Å². The van der Waals surface area contributed by atoms with E-state index in [4.69, 9.17) is 5.73 Å². The van der Waals surface area contributed by atoms with E-state index in [9.17, 15) is 0 Å². The fraction of sp³-hybridized carbons (Fsp3) is 0.500. The molecule has 2 N–H and O–H groups in total. The number of halogens is 1. The maximum absolute atomic E-state index is 5.82. The largest absolute Gasteiger partial charge is 0.330 e. The number of fused-ring (bicyclic) bond motifs is 2. The third kappa shape index (κ3) is 1.10. The van der Waals surface area contributed by atoms with Crippen molar-refractivity contribution >= 4 is 15.9 Å². The molecule has 2 aliphatic rings. The summed E-state index contributed by atoms with van der Waals surface area (Å²) in [5, 5.41) is 0. The third-order valence-electron chi connectivity index (χ3n) is 3.80. The van der Waals surface area contributed by atoms with E-state index in [0.29, 0.717) is 11.3 Å². The van der Waals surface area contributed by atoms with Gasteiger partial charge in [-0.3, -0.25) is 0 Å². The molecule has 1 spiro atoms. The average molecular weight is 252 g/mol. The lowest BCUT2D eigenvalue weighted by molar-refractivity contribution is 0.587. The van der Waals surface area contributed by atoms with Crippen LogP contribution in [0.5, 0.6) is 0 Å². The van der Waals surface area contributed by atoms with E-state index in [2.05, 4.69) is 34.1 Å².